The van der Waals surface area contributed by atoms with Crippen LogP contribution in [0.4, 0.5) is 13.2 Å². The van der Waals surface area contributed by atoms with Crippen molar-refractivity contribution in [1.82, 2.24) is 4.98 Å². The van der Waals surface area contributed by atoms with Gasteiger partial charge in [0.15, 0.2) is 0 Å². The van der Waals surface area contributed by atoms with Crippen molar-refractivity contribution in [2.24, 2.45) is 0 Å². The Labute approximate surface area is 127 Å². The Bertz CT molecular complexity index is 692. The van der Waals surface area contributed by atoms with Crippen LogP contribution >= 0.6 is 0 Å². The number of hydrogen-bond acceptors (Lipinski definition) is 2. The maximum Gasteiger partial charge on any atom is 0.394 e. The summed E-state index contributed by atoms with van der Waals surface area (Å²) in [6.45, 7) is 4.38. The van der Waals surface area contributed by atoms with Crippen LogP contribution in [0.15, 0.2) is 30.3 Å². The van der Waals surface area contributed by atoms with E-state index in [0.29, 0.717) is 18.1 Å². The summed E-state index contributed by atoms with van der Waals surface area (Å²) >= 11 is 0. The molecule has 1 unspecified atom stereocenters. The highest BCUT2D eigenvalue weighted by Crippen LogP contribution is 2.41. The molecule has 0 saturated heterocycles. The molecule has 22 heavy (non-hydrogen) atoms. The number of benzene rings is 1. The largest absolute Gasteiger partial charge is 0.490 e. The third-order valence-corrected chi connectivity index (χ3v) is 3.77. The first-order chi connectivity index (χ1) is 10.3. The normalized spacial score (nSPS) is 17.2. The standard InChI is InChI=1S/C17H16F3NO/c1-10-3-5-12(6-4-10)15-16-14(11(2)9-22-16)7-13(21-15)8-17(18,19)20/h3-7,11H,8-9H2,1-2H3. The van der Waals surface area contributed by atoms with Crippen LogP contribution in [0, 0.1) is 6.92 Å². The van der Waals surface area contributed by atoms with Crippen LogP contribution in [-0.4, -0.2) is 17.8 Å². The van der Waals surface area contributed by atoms with Gasteiger partial charge < -0.3 is 4.74 Å². The van der Waals surface area contributed by atoms with E-state index in [1.54, 1.807) is 0 Å². The number of fused-ring (bicyclic) bond motifs is 1. The third kappa shape index (κ3) is 2.93. The summed E-state index contributed by atoms with van der Waals surface area (Å²) in [5.74, 6) is 0.691. The summed E-state index contributed by atoms with van der Waals surface area (Å²) in [6.07, 6.45) is -5.29. The average Bonchev–Trinajstić information content (AvgIpc) is 2.79. The van der Waals surface area contributed by atoms with Gasteiger partial charge in [0.1, 0.15) is 11.4 Å². The second kappa shape index (κ2) is 5.30. The SMILES string of the molecule is Cc1ccc(-c2nc(CC(F)(F)F)cc3c2OCC3C)cc1. The van der Waals surface area contributed by atoms with Gasteiger partial charge in [-0.25, -0.2) is 4.98 Å². The molecule has 0 aliphatic carbocycles. The molecule has 5 heteroatoms. The van der Waals surface area contributed by atoms with Gasteiger partial charge in [0.05, 0.1) is 18.7 Å². The number of nitrogens with zero attached hydrogens (tertiary/aromatic N) is 1. The van der Waals surface area contributed by atoms with Gasteiger partial charge >= 0.3 is 6.18 Å². The molecule has 0 bridgehead atoms. The van der Waals surface area contributed by atoms with Crippen molar-refractivity contribution < 1.29 is 17.9 Å². The van der Waals surface area contributed by atoms with Gasteiger partial charge in [0, 0.05) is 17.0 Å². The lowest BCUT2D eigenvalue weighted by Crippen LogP contribution is -2.13. The Balaban J connectivity index is 2.12. The van der Waals surface area contributed by atoms with E-state index in [2.05, 4.69) is 4.98 Å². The predicted octanol–water partition coefficient (Wildman–Crippen LogP) is 4.66. The summed E-state index contributed by atoms with van der Waals surface area (Å²) in [5, 5.41) is 0. The van der Waals surface area contributed by atoms with Gasteiger partial charge in [-0.15, -0.1) is 0 Å². The van der Waals surface area contributed by atoms with Crippen molar-refractivity contribution in [3.63, 3.8) is 0 Å². The van der Waals surface area contributed by atoms with Crippen LogP contribution in [0.3, 0.4) is 0 Å². The van der Waals surface area contributed by atoms with Crippen molar-refractivity contribution in [3.05, 3.63) is 47.2 Å². The zero-order valence-corrected chi connectivity index (χ0v) is 12.4. The van der Waals surface area contributed by atoms with Crippen molar-refractivity contribution in [2.45, 2.75) is 32.4 Å². The zero-order chi connectivity index (χ0) is 15.9. The Morgan fingerprint density at radius 1 is 1.23 bits per heavy atom. The van der Waals surface area contributed by atoms with Gasteiger partial charge in [-0.3, -0.25) is 0 Å². The van der Waals surface area contributed by atoms with Crippen LogP contribution < -0.4 is 4.74 Å². The highest BCUT2D eigenvalue weighted by Gasteiger charge is 2.32. The molecule has 2 aromatic rings. The Morgan fingerprint density at radius 2 is 1.91 bits per heavy atom. The van der Waals surface area contributed by atoms with E-state index in [1.807, 2.05) is 38.1 Å². The van der Waals surface area contributed by atoms with Crippen molar-refractivity contribution >= 4 is 0 Å². The Morgan fingerprint density at radius 3 is 2.55 bits per heavy atom. The highest BCUT2D eigenvalue weighted by atomic mass is 19.4. The first-order valence-corrected chi connectivity index (χ1v) is 7.14. The van der Waals surface area contributed by atoms with Gasteiger partial charge in [-0.1, -0.05) is 36.8 Å². The van der Waals surface area contributed by atoms with E-state index < -0.39 is 12.6 Å². The van der Waals surface area contributed by atoms with E-state index in [0.717, 1.165) is 16.7 Å². The fourth-order valence-corrected chi connectivity index (χ4v) is 2.63. The zero-order valence-electron chi connectivity index (χ0n) is 12.4. The summed E-state index contributed by atoms with van der Waals surface area (Å²) in [4.78, 5) is 4.22. The lowest BCUT2D eigenvalue weighted by Gasteiger charge is -2.12. The molecule has 116 valence electrons. The Kier molecular flexibility index (Phi) is 3.59. The summed E-state index contributed by atoms with van der Waals surface area (Å²) < 4.78 is 43.8. The molecular weight excluding hydrogens is 291 g/mol. The molecule has 0 fully saturated rings. The van der Waals surface area contributed by atoms with Gasteiger partial charge in [-0.2, -0.15) is 13.2 Å². The molecule has 0 spiro atoms. The van der Waals surface area contributed by atoms with E-state index in [-0.39, 0.29) is 11.6 Å². The smallest absolute Gasteiger partial charge is 0.394 e. The molecule has 3 rings (SSSR count). The van der Waals surface area contributed by atoms with Crippen molar-refractivity contribution in [1.29, 1.82) is 0 Å². The first kappa shape index (κ1) is 14.9. The first-order valence-electron chi connectivity index (χ1n) is 7.14. The molecule has 1 aromatic carbocycles. The van der Waals surface area contributed by atoms with Gasteiger partial charge in [-0.05, 0) is 13.0 Å². The number of aromatic nitrogens is 1. The van der Waals surface area contributed by atoms with Gasteiger partial charge in [0.25, 0.3) is 0 Å². The van der Waals surface area contributed by atoms with E-state index >= 15 is 0 Å². The fraction of sp³-hybridized carbons (Fsp3) is 0.353. The lowest BCUT2D eigenvalue weighted by molar-refractivity contribution is -0.127. The number of halogens is 3. The topological polar surface area (TPSA) is 22.1 Å². The van der Waals surface area contributed by atoms with Crippen molar-refractivity contribution in [2.75, 3.05) is 6.61 Å². The molecule has 0 saturated carbocycles. The van der Waals surface area contributed by atoms with Crippen LogP contribution in [0.5, 0.6) is 5.75 Å². The van der Waals surface area contributed by atoms with E-state index in [4.69, 9.17) is 4.74 Å². The number of aryl methyl sites for hydroxylation is 1. The van der Waals surface area contributed by atoms with Crippen molar-refractivity contribution in [3.8, 4) is 17.0 Å². The molecule has 0 N–H and O–H groups in total. The number of pyridine rings is 1. The number of hydrogen-bond donors (Lipinski definition) is 0. The van der Waals surface area contributed by atoms with Crippen LogP contribution in [0.2, 0.25) is 0 Å². The molecular formula is C17H16F3NO. The summed E-state index contributed by atoms with van der Waals surface area (Å²) in [6, 6.07) is 9.08. The second-order valence-electron chi connectivity index (χ2n) is 5.75. The predicted molar refractivity (Wildman–Crippen MR) is 78.1 cm³/mol. The molecule has 0 amide bonds. The lowest BCUT2D eigenvalue weighted by atomic mass is 9.99. The third-order valence-electron chi connectivity index (χ3n) is 3.77. The summed E-state index contributed by atoms with van der Waals surface area (Å²) in [7, 11) is 0. The molecule has 2 heterocycles. The monoisotopic (exact) mass is 307 g/mol. The molecule has 1 aliphatic heterocycles. The highest BCUT2D eigenvalue weighted by molar-refractivity contribution is 5.70. The maximum absolute atomic E-state index is 12.7. The second-order valence-corrected chi connectivity index (χ2v) is 5.75. The molecule has 2 nitrogen and oxygen atoms in total. The fourth-order valence-electron chi connectivity index (χ4n) is 2.63. The molecule has 1 aliphatic rings. The van der Waals surface area contributed by atoms with Crippen LogP contribution in [-0.2, 0) is 6.42 Å². The molecule has 1 aromatic heterocycles. The average molecular weight is 307 g/mol. The maximum atomic E-state index is 12.7. The van der Waals surface area contributed by atoms with Gasteiger partial charge in [0.2, 0.25) is 0 Å². The number of alkyl halides is 3. The van der Waals surface area contributed by atoms with E-state index in [1.165, 1.54) is 6.07 Å². The quantitative estimate of drug-likeness (QED) is 0.805. The Hall–Kier alpha value is -2.04. The summed E-state index contributed by atoms with van der Waals surface area (Å²) in [5.41, 5.74) is 3.21. The minimum atomic E-state index is -4.27. The minimum absolute atomic E-state index is 0.0409. The van der Waals surface area contributed by atoms with Crippen LogP contribution in [0.1, 0.15) is 29.7 Å². The van der Waals surface area contributed by atoms with Crippen LogP contribution in [0.25, 0.3) is 11.3 Å². The molecule has 0 radical (unpaired) electrons. The van der Waals surface area contributed by atoms with E-state index in [9.17, 15) is 13.2 Å². The molecule has 1 atom stereocenters. The number of rotatable bonds is 2. The number of ether oxygens (including phenoxy) is 1. The minimum Gasteiger partial charge on any atom is -0.490 e.